The topological polar surface area (TPSA) is 122 Å². The predicted molar refractivity (Wildman–Crippen MR) is 56.6 cm³/mol. The minimum Gasteiger partial charge on any atom is -0.481 e. The monoisotopic (exact) mass is 231 g/mol. The molecule has 7 nitrogen and oxygen atoms in total. The van der Waals surface area contributed by atoms with Crippen LogP contribution in [-0.4, -0.2) is 35.6 Å². The molecule has 0 rings (SSSR count). The number of rotatable bonds is 5. The second kappa shape index (κ2) is 5.34. The minimum absolute atomic E-state index is 0.0420. The fraction of sp³-hybridized carbons (Fsp3) is 0.667. The molecule has 5 N–H and O–H groups in total. The molecule has 0 aliphatic carbocycles. The number of nitrogens with two attached hydrogens (primary N) is 1. The molecule has 0 aliphatic rings. The average Bonchev–Trinajstić information content (AvgIpc) is 2.14. The first-order valence-electron chi connectivity index (χ1n) is 4.74. The number of urea groups is 1. The maximum atomic E-state index is 11.2. The van der Waals surface area contributed by atoms with Gasteiger partial charge in [0.1, 0.15) is 6.04 Å². The molecule has 0 aliphatic heterocycles. The Labute approximate surface area is 93.4 Å². The molecule has 0 spiro atoms. The van der Waals surface area contributed by atoms with Gasteiger partial charge in [-0.05, 0) is 20.8 Å². The molecule has 0 aromatic heterocycles. The van der Waals surface area contributed by atoms with Crippen LogP contribution in [0.1, 0.15) is 20.8 Å². The number of primary amides is 1. The third-order valence-electron chi connectivity index (χ3n) is 2.04. The van der Waals surface area contributed by atoms with Crippen LogP contribution in [0.4, 0.5) is 4.79 Å². The van der Waals surface area contributed by atoms with E-state index in [0.717, 1.165) is 0 Å². The van der Waals surface area contributed by atoms with E-state index in [-0.39, 0.29) is 6.54 Å². The van der Waals surface area contributed by atoms with Crippen molar-refractivity contribution in [3.63, 3.8) is 0 Å². The molecule has 92 valence electrons. The van der Waals surface area contributed by atoms with Crippen LogP contribution in [0.25, 0.3) is 0 Å². The summed E-state index contributed by atoms with van der Waals surface area (Å²) in [4.78, 5) is 32.6. The number of carboxylic acids is 1. The molecule has 3 amide bonds. The standard InChI is InChI=1S/C9H17N3O4/c1-5(6(10)13)12-8(16)11-4-9(2,3)7(14)15/h5H,4H2,1-3H3,(H2,10,13)(H,14,15)(H2,11,12,16). The first kappa shape index (κ1) is 14.2. The normalized spacial score (nSPS) is 12.7. The molecule has 1 unspecified atom stereocenters. The van der Waals surface area contributed by atoms with Gasteiger partial charge in [0.25, 0.3) is 0 Å². The fourth-order valence-electron chi connectivity index (χ4n) is 0.696. The predicted octanol–water partition coefficient (Wildman–Crippen LogP) is -0.730. The van der Waals surface area contributed by atoms with E-state index in [4.69, 9.17) is 10.8 Å². The molecule has 1 atom stereocenters. The van der Waals surface area contributed by atoms with Crippen molar-refractivity contribution in [1.29, 1.82) is 0 Å². The molecule has 16 heavy (non-hydrogen) atoms. The molecule has 0 fully saturated rings. The smallest absolute Gasteiger partial charge is 0.315 e. The van der Waals surface area contributed by atoms with Crippen molar-refractivity contribution in [2.75, 3.05) is 6.54 Å². The number of amides is 3. The van der Waals surface area contributed by atoms with Crippen molar-refractivity contribution in [1.82, 2.24) is 10.6 Å². The average molecular weight is 231 g/mol. The molecule has 0 bridgehead atoms. The summed E-state index contributed by atoms with van der Waals surface area (Å²) < 4.78 is 0. The van der Waals surface area contributed by atoms with Crippen molar-refractivity contribution in [2.24, 2.45) is 11.1 Å². The number of hydrogen-bond acceptors (Lipinski definition) is 3. The van der Waals surface area contributed by atoms with E-state index < -0.39 is 29.4 Å². The molecular weight excluding hydrogens is 214 g/mol. The number of hydrogen-bond donors (Lipinski definition) is 4. The van der Waals surface area contributed by atoms with Gasteiger partial charge in [-0.1, -0.05) is 0 Å². The lowest BCUT2D eigenvalue weighted by Crippen LogP contribution is -2.49. The minimum atomic E-state index is -1.06. The van der Waals surface area contributed by atoms with Crippen molar-refractivity contribution in [3.05, 3.63) is 0 Å². The van der Waals surface area contributed by atoms with E-state index in [1.807, 2.05) is 0 Å². The highest BCUT2D eigenvalue weighted by atomic mass is 16.4. The van der Waals surface area contributed by atoms with E-state index in [1.165, 1.54) is 20.8 Å². The summed E-state index contributed by atoms with van der Waals surface area (Å²) in [6, 6.07) is -1.42. The quantitative estimate of drug-likeness (QED) is 0.498. The lowest BCUT2D eigenvalue weighted by atomic mass is 9.94. The Bertz CT molecular complexity index is 301. The van der Waals surface area contributed by atoms with E-state index >= 15 is 0 Å². The molecule has 0 aromatic carbocycles. The summed E-state index contributed by atoms with van der Waals surface area (Å²) in [5, 5.41) is 13.4. The van der Waals surface area contributed by atoms with E-state index in [1.54, 1.807) is 0 Å². The summed E-state index contributed by atoms with van der Waals surface area (Å²) >= 11 is 0. The van der Waals surface area contributed by atoms with Gasteiger partial charge >= 0.3 is 12.0 Å². The summed E-state index contributed by atoms with van der Waals surface area (Å²) in [6.07, 6.45) is 0. The first-order chi connectivity index (χ1) is 7.16. The first-order valence-corrected chi connectivity index (χ1v) is 4.74. The fourth-order valence-corrected chi connectivity index (χ4v) is 0.696. The van der Waals surface area contributed by atoms with Gasteiger partial charge in [-0.15, -0.1) is 0 Å². The lowest BCUT2D eigenvalue weighted by molar-refractivity contribution is -0.146. The van der Waals surface area contributed by atoms with Crippen LogP contribution >= 0.6 is 0 Å². The Balaban J connectivity index is 4.09. The van der Waals surface area contributed by atoms with Crippen LogP contribution in [0.15, 0.2) is 0 Å². The van der Waals surface area contributed by atoms with Crippen molar-refractivity contribution >= 4 is 17.9 Å². The highest BCUT2D eigenvalue weighted by Gasteiger charge is 2.27. The zero-order chi connectivity index (χ0) is 12.9. The second-order valence-electron chi connectivity index (χ2n) is 4.14. The third-order valence-corrected chi connectivity index (χ3v) is 2.04. The highest BCUT2D eigenvalue weighted by Crippen LogP contribution is 2.12. The Kier molecular flexibility index (Phi) is 4.74. The van der Waals surface area contributed by atoms with Crippen LogP contribution in [0.3, 0.4) is 0 Å². The SMILES string of the molecule is CC(NC(=O)NCC(C)(C)C(=O)O)C(N)=O. The van der Waals surface area contributed by atoms with Gasteiger partial charge in [0, 0.05) is 6.54 Å². The Morgan fingerprint density at radius 1 is 1.38 bits per heavy atom. The number of carboxylic acid groups (broad SMARTS) is 1. The molecule has 0 saturated carbocycles. The van der Waals surface area contributed by atoms with Crippen LogP contribution in [0.5, 0.6) is 0 Å². The van der Waals surface area contributed by atoms with E-state index in [0.29, 0.717) is 0 Å². The van der Waals surface area contributed by atoms with Gasteiger partial charge in [-0.25, -0.2) is 4.79 Å². The van der Waals surface area contributed by atoms with Gasteiger partial charge in [0.15, 0.2) is 0 Å². The van der Waals surface area contributed by atoms with E-state index in [2.05, 4.69) is 10.6 Å². The van der Waals surface area contributed by atoms with Gasteiger partial charge in [0.05, 0.1) is 5.41 Å². The van der Waals surface area contributed by atoms with Crippen LogP contribution in [0.2, 0.25) is 0 Å². The molecular formula is C9H17N3O4. The Morgan fingerprint density at radius 2 is 1.88 bits per heavy atom. The summed E-state index contributed by atoms with van der Waals surface area (Å²) in [7, 11) is 0. The van der Waals surface area contributed by atoms with Gasteiger partial charge in [-0.3, -0.25) is 9.59 Å². The van der Waals surface area contributed by atoms with Crippen LogP contribution in [0, 0.1) is 5.41 Å². The maximum Gasteiger partial charge on any atom is 0.315 e. The van der Waals surface area contributed by atoms with Crippen molar-refractivity contribution in [3.8, 4) is 0 Å². The zero-order valence-electron chi connectivity index (χ0n) is 9.53. The summed E-state index contributed by atoms with van der Waals surface area (Å²) in [5.41, 5.74) is 3.88. The lowest BCUT2D eigenvalue weighted by Gasteiger charge is -2.20. The molecule has 0 heterocycles. The highest BCUT2D eigenvalue weighted by molar-refractivity contribution is 5.85. The maximum absolute atomic E-state index is 11.2. The van der Waals surface area contributed by atoms with Gasteiger partial charge < -0.3 is 21.5 Å². The van der Waals surface area contributed by atoms with Crippen LogP contribution < -0.4 is 16.4 Å². The number of aliphatic carboxylic acids is 1. The number of carbonyl (C=O) groups is 3. The molecule has 0 radical (unpaired) electrons. The van der Waals surface area contributed by atoms with Gasteiger partial charge in [0.2, 0.25) is 5.91 Å². The second-order valence-corrected chi connectivity index (χ2v) is 4.14. The third kappa shape index (κ3) is 4.63. The largest absolute Gasteiger partial charge is 0.481 e. The van der Waals surface area contributed by atoms with E-state index in [9.17, 15) is 14.4 Å². The van der Waals surface area contributed by atoms with Crippen LogP contribution in [-0.2, 0) is 9.59 Å². The zero-order valence-corrected chi connectivity index (χ0v) is 9.53. The summed E-state index contributed by atoms with van der Waals surface area (Å²) in [6.45, 7) is 4.35. The molecule has 7 heteroatoms. The Morgan fingerprint density at radius 3 is 2.25 bits per heavy atom. The molecule has 0 saturated heterocycles. The van der Waals surface area contributed by atoms with Crippen molar-refractivity contribution < 1.29 is 19.5 Å². The molecule has 0 aromatic rings. The number of carbonyl (C=O) groups excluding carboxylic acids is 2. The van der Waals surface area contributed by atoms with Crippen molar-refractivity contribution in [2.45, 2.75) is 26.8 Å². The summed E-state index contributed by atoms with van der Waals surface area (Å²) in [5.74, 6) is -1.68. The van der Waals surface area contributed by atoms with Gasteiger partial charge in [-0.2, -0.15) is 0 Å². The Hall–Kier alpha value is -1.79. The number of nitrogens with one attached hydrogen (secondary N) is 2.